The van der Waals surface area contributed by atoms with Gasteiger partial charge in [0, 0.05) is 32.5 Å². The summed E-state index contributed by atoms with van der Waals surface area (Å²) in [7, 11) is 0. The number of carboxylic acid groups (broad SMARTS) is 1. The zero-order valence-electron chi connectivity index (χ0n) is 16.4. The number of carbonyl (C=O) groups is 3. The Labute approximate surface area is 188 Å². The lowest BCUT2D eigenvalue weighted by Crippen LogP contribution is -2.28. The van der Waals surface area contributed by atoms with Crippen LogP contribution in [-0.2, 0) is 9.59 Å². The first-order chi connectivity index (χ1) is 14.1. The lowest BCUT2D eigenvalue weighted by molar-refractivity contribution is -0.140. The van der Waals surface area contributed by atoms with E-state index in [1.165, 1.54) is 11.3 Å². The van der Waals surface area contributed by atoms with Crippen LogP contribution in [-0.4, -0.2) is 22.9 Å². The molecular formula is C21H22Cl2N2O4S. The number of amides is 2. The van der Waals surface area contributed by atoms with Crippen molar-refractivity contribution < 1.29 is 19.5 Å². The third-order valence-electron chi connectivity index (χ3n) is 5.51. The smallest absolute Gasteiger partial charge is 0.303 e. The summed E-state index contributed by atoms with van der Waals surface area (Å²) in [5.74, 6) is -1.92. The molecule has 1 aliphatic rings. The molecule has 1 aliphatic carbocycles. The van der Waals surface area contributed by atoms with Gasteiger partial charge in [-0.25, -0.2) is 0 Å². The fraction of sp³-hybridized carbons (Fsp3) is 0.381. The standard InChI is InChI=1S/C21H22Cl2N2O4S/c1-11-17(13-5-4-12(22)8-14(13)23)18(19(24)29)20(30-11)25-15(26)9-21(10-16(27)28)6-2-3-7-21/h4-5,8H,2-3,6-7,9-10H2,1H3,(H2,24,29)(H,25,26)(H,27,28). The van der Waals surface area contributed by atoms with Crippen LogP contribution in [0, 0.1) is 12.3 Å². The Bertz CT molecular complexity index is 1010. The minimum atomic E-state index is -0.908. The molecule has 160 valence electrons. The maximum Gasteiger partial charge on any atom is 0.303 e. The van der Waals surface area contributed by atoms with Gasteiger partial charge in [-0.1, -0.05) is 42.1 Å². The van der Waals surface area contributed by atoms with E-state index >= 15 is 0 Å². The molecule has 0 bridgehead atoms. The zero-order valence-corrected chi connectivity index (χ0v) is 18.7. The Morgan fingerprint density at radius 1 is 1.20 bits per heavy atom. The van der Waals surface area contributed by atoms with Gasteiger partial charge in [0.15, 0.2) is 0 Å². The van der Waals surface area contributed by atoms with Crippen LogP contribution in [0.3, 0.4) is 0 Å². The van der Waals surface area contributed by atoms with Crippen molar-refractivity contribution >= 4 is 57.3 Å². The summed E-state index contributed by atoms with van der Waals surface area (Å²) in [6, 6.07) is 4.95. The number of hydrogen-bond acceptors (Lipinski definition) is 4. The average Bonchev–Trinajstić information content (AvgIpc) is 3.18. The molecule has 6 nitrogen and oxygen atoms in total. The average molecular weight is 469 g/mol. The number of carbonyl (C=O) groups excluding carboxylic acids is 2. The number of nitrogens with one attached hydrogen (secondary N) is 1. The van der Waals surface area contributed by atoms with Crippen molar-refractivity contribution in [3.05, 3.63) is 38.7 Å². The third-order valence-corrected chi connectivity index (χ3v) is 7.08. The molecule has 4 N–H and O–H groups in total. The van der Waals surface area contributed by atoms with E-state index in [0.29, 0.717) is 39.0 Å². The summed E-state index contributed by atoms with van der Waals surface area (Å²) in [5.41, 5.74) is 6.45. The molecule has 0 radical (unpaired) electrons. The number of hydrogen-bond donors (Lipinski definition) is 3. The minimum absolute atomic E-state index is 0.0435. The van der Waals surface area contributed by atoms with E-state index in [0.717, 1.165) is 17.7 Å². The summed E-state index contributed by atoms with van der Waals surface area (Å²) in [6.45, 7) is 1.82. The molecule has 9 heteroatoms. The van der Waals surface area contributed by atoms with Crippen LogP contribution >= 0.6 is 34.5 Å². The Morgan fingerprint density at radius 3 is 2.43 bits per heavy atom. The Kier molecular flexibility index (Phi) is 6.75. The van der Waals surface area contributed by atoms with E-state index in [1.54, 1.807) is 18.2 Å². The molecule has 0 saturated heterocycles. The Hall–Kier alpha value is -2.09. The van der Waals surface area contributed by atoms with Gasteiger partial charge in [0.1, 0.15) is 5.00 Å². The fourth-order valence-corrected chi connectivity index (χ4v) is 5.85. The number of nitrogens with two attached hydrogens (primary N) is 1. The van der Waals surface area contributed by atoms with Crippen molar-refractivity contribution in [2.75, 3.05) is 5.32 Å². The van der Waals surface area contributed by atoms with Crippen LogP contribution in [0.4, 0.5) is 5.00 Å². The maximum atomic E-state index is 12.8. The summed E-state index contributed by atoms with van der Waals surface area (Å²) < 4.78 is 0. The molecule has 3 rings (SSSR count). The summed E-state index contributed by atoms with van der Waals surface area (Å²) >= 11 is 13.5. The molecule has 0 unspecified atom stereocenters. The molecule has 1 aromatic carbocycles. The number of anilines is 1. The highest BCUT2D eigenvalue weighted by Gasteiger charge is 2.38. The second-order valence-electron chi connectivity index (χ2n) is 7.73. The van der Waals surface area contributed by atoms with Crippen LogP contribution in [0.2, 0.25) is 10.0 Å². The first kappa shape index (κ1) is 22.6. The third kappa shape index (κ3) is 4.79. The molecule has 1 fully saturated rings. The quantitative estimate of drug-likeness (QED) is 0.498. The molecule has 2 amide bonds. The molecular weight excluding hydrogens is 447 g/mol. The molecule has 1 heterocycles. The molecule has 0 aliphatic heterocycles. The normalized spacial score (nSPS) is 15.2. The SMILES string of the molecule is Cc1sc(NC(=O)CC2(CC(=O)O)CCCC2)c(C(N)=O)c1-c1ccc(Cl)cc1Cl. The van der Waals surface area contributed by atoms with Gasteiger partial charge in [-0.15, -0.1) is 11.3 Å². The molecule has 1 aromatic heterocycles. The highest BCUT2D eigenvalue weighted by Crippen LogP contribution is 2.46. The van der Waals surface area contributed by atoms with E-state index in [1.807, 2.05) is 6.92 Å². The molecule has 1 saturated carbocycles. The van der Waals surface area contributed by atoms with Gasteiger partial charge in [-0.05, 0) is 37.3 Å². The second-order valence-corrected chi connectivity index (χ2v) is 9.80. The number of rotatable bonds is 7. The van der Waals surface area contributed by atoms with Crippen molar-refractivity contribution in [2.24, 2.45) is 11.1 Å². The number of halogens is 2. The molecule has 0 atom stereocenters. The van der Waals surface area contributed by atoms with Crippen molar-refractivity contribution in [2.45, 2.75) is 45.4 Å². The van der Waals surface area contributed by atoms with Crippen LogP contribution in [0.1, 0.15) is 53.8 Å². The Balaban J connectivity index is 1.92. The van der Waals surface area contributed by atoms with Gasteiger partial charge >= 0.3 is 5.97 Å². The summed E-state index contributed by atoms with van der Waals surface area (Å²) in [4.78, 5) is 37.1. The topological polar surface area (TPSA) is 109 Å². The van der Waals surface area contributed by atoms with Gasteiger partial charge in [-0.3, -0.25) is 14.4 Å². The molecule has 0 spiro atoms. The van der Waals surface area contributed by atoms with E-state index in [2.05, 4.69) is 5.32 Å². The number of primary amides is 1. The van der Waals surface area contributed by atoms with E-state index in [-0.39, 0.29) is 24.3 Å². The van der Waals surface area contributed by atoms with Crippen LogP contribution in [0.5, 0.6) is 0 Å². The van der Waals surface area contributed by atoms with Crippen molar-refractivity contribution in [3.63, 3.8) is 0 Å². The van der Waals surface area contributed by atoms with Crippen LogP contribution in [0.15, 0.2) is 18.2 Å². The number of carboxylic acids is 1. The number of thiophene rings is 1. The lowest BCUT2D eigenvalue weighted by atomic mass is 9.79. The predicted octanol–water partition coefficient (Wildman–Crippen LogP) is 5.49. The monoisotopic (exact) mass is 468 g/mol. The second kappa shape index (κ2) is 8.96. The summed E-state index contributed by atoms with van der Waals surface area (Å²) in [6.07, 6.45) is 3.26. The van der Waals surface area contributed by atoms with Gasteiger partial charge in [0.05, 0.1) is 12.0 Å². The fourth-order valence-electron chi connectivity index (χ4n) is 4.26. The van der Waals surface area contributed by atoms with Crippen LogP contribution < -0.4 is 11.1 Å². The van der Waals surface area contributed by atoms with Gasteiger partial charge in [0.25, 0.3) is 5.91 Å². The number of benzene rings is 1. The molecule has 30 heavy (non-hydrogen) atoms. The predicted molar refractivity (Wildman–Crippen MR) is 119 cm³/mol. The number of aliphatic carboxylic acids is 1. The Morgan fingerprint density at radius 2 is 1.87 bits per heavy atom. The van der Waals surface area contributed by atoms with Crippen molar-refractivity contribution in [1.82, 2.24) is 0 Å². The van der Waals surface area contributed by atoms with Crippen molar-refractivity contribution in [1.29, 1.82) is 0 Å². The highest BCUT2D eigenvalue weighted by atomic mass is 35.5. The van der Waals surface area contributed by atoms with E-state index < -0.39 is 17.3 Å². The highest BCUT2D eigenvalue weighted by molar-refractivity contribution is 7.17. The van der Waals surface area contributed by atoms with E-state index in [4.69, 9.17) is 28.9 Å². The van der Waals surface area contributed by atoms with E-state index in [9.17, 15) is 19.5 Å². The minimum Gasteiger partial charge on any atom is -0.481 e. The first-order valence-electron chi connectivity index (χ1n) is 9.52. The molecule has 2 aromatic rings. The van der Waals surface area contributed by atoms with Gasteiger partial charge in [-0.2, -0.15) is 0 Å². The maximum absolute atomic E-state index is 12.8. The lowest BCUT2D eigenvalue weighted by Gasteiger charge is -2.26. The number of aryl methyl sites for hydroxylation is 1. The van der Waals surface area contributed by atoms with Gasteiger partial charge in [0.2, 0.25) is 5.91 Å². The van der Waals surface area contributed by atoms with Crippen LogP contribution in [0.25, 0.3) is 11.1 Å². The largest absolute Gasteiger partial charge is 0.481 e. The van der Waals surface area contributed by atoms with Crippen molar-refractivity contribution in [3.8, 4) is 11.1 Å². The summed E-state index contributed by atoms with van der Waals surface area (Å²) in [5, 5.41) is 13.2. The van der Waals surface area contributed by atoms with Gasteiger partial charge < -0.3 is 16.2 Å². The zero-order chi connectivity index (χ0) is 22.1. The first-order valence-corrected chi connectivity index (χ1v) is 11.1.